The van der Waals surface area contributed by atoms with Gasteiger partial charge >= 0.3 is 29.9 Å². The Morgan fingerprint density at radius 3 is 1.35 bits per heavy atom. The lowest BCUT2D eigenvalue weighted by molar-refractivity contribution is -0.435. The Hall–Kier alpha value is -0.810. The number of halogens is 11. The lowest BCUT2D eigenvalue weighted by Gasteiger charge is -2.42. The van der Waals surface area contributed by atoms with Crippen molar-refractivity contribution < 1.29 is 53.4 Å². The summed E-state index contributed by atoms with van der Waals surface area (Å²) in [5.41, 5.74) is -3.94. The van der Waals surface area contributed by atoms with Gasteiger partial charge < -0.3 is 5.11 Å². The van der Waals surface area contributed by atoms with Crippen molar-refractivity contribution in [2.24, 2.45) is 0 Å². The number of aliphatic hydroxyl groups is 1. The van der Waals surface area contributed by atoms with E-state index in [4.69, 9.17) is 0 Å². The van der Waals surface area contributed by atoms with Gasteiger partial charge in [0.05, 0.1) is 0 Å². The van der Waals surface area contributed by atoms with Crippen molar-refractivity contribution >= 4 is 0 Å². The van der Waals surface area contributed by atoms with Crippen LogP contribution in [0.3, 0.4) is 0 Å². The van der Waals surface area contributed by atoms with Gasteiger partial charge in [0.2, 0.25) is 0 Å². The van der Waals surface area contributed by atoms with Crippen LogP contribution in [0.2, 0.25) is 0 Å². The highest BCUT2D eigenvalue weighted by Crippen LogP contribution is 2.59. The summed E-state index contributed by atoms with van der Waals surface area (Å²) >= 11 is 0. The van der Waals surface area contributed by atoms with Gasteiger partial charge in [-0.25, -0.2) is 0 Å². The zero-order chi connectivity index (χ0) is 21.2. The van der Waals surface area contributed by atoms with Crippen molar-refractivity contribution in [1.29, 1.82) is 0 Å². The molecule has 0 saturated heterocycles. The van der Waals surface area contributed by atoms with Crippen molar-refractivity contribution in [3.63, 3.8) is 0 Å². The van der Waals surface area contributed by atoms with Crippen LogP contribution in [0.5, 0.6) is 0 Å². The normalized spacial score (nSPS) is 17.3. The standard InChI is InChI=1S/C14H19F11O/c1-3-4-5-6-7-8-9(2,26)10(15,16)11(17,18)12(19,20)13(21,22)14(23,24)25/h26H,3-8H2,1-2H3. The van der Waals surface area contributed by atoms with Crippen LogP contribution in [0.1, 0.15) is 52.4 Å². The molecule has 0 spiro atoms. The Bertz CT molecular complexity index is 454. The average Bonchev–Trinajstić information content (AvgIpc) is 2.44. The summed E-state index contributed by atoms with van der Waals surface area (Å²) in [6, 6.07) is 0. The molecule has 0 heterocycles. The predicted octanol–water partition coefficient (Wildman–Crippen LogP) is 6.20. The van der Waals surface area contributed by atoms with Crippen LogP contribution < -0.4 is 0 Å². The molecule has 0 fully saturated rings. The molecule has 0 aromatic carbocycles. The zero-order valence-electron chi connectivity index (χ0n) is 13.8. The van der Waals surface area contributed by atoms with E-state index in [9.17, 15) is 53.4 Å². The first-order chi connectivity index (χ1) is 11.3. The number of alkyl halides is 11. The molecule has 1 unspecified atom stereocenters. The molecule has 0 rings (SSSR count). The molecule has 0 radical (unpaired) electrons. The summed E-state index contributed by atoms with van der Waals surface area (Å²) in [7, 11) is 0. The van der Waals surface area contributed by atoms with Crippen molar-refractivity contribution in [2.75, 3.05) is 0 Å². The summed E-state index contributed by atoms with van der Waals surface area (Å²) < 4.78 is 142. The van der Waals surface area contributed by atoms with E-state index in [1.807, 2.05) is 0 Å². The maximum atomic E-state index is 13.8. The number of hydrogen-bond acceptors (Lipinski definition) is 1. The third kappa shape index (κ3) is 4.19. The zero-order valence-corrected chi connectivity index (χ0v) is 13.8. The maximum absolute atomic E-state index is 13.8. The first-order valence-electron chi connectivity index (χ1n) is 7.61. The molecule has 12 heteroatoms. The fourth-order valence-electron chi connectivity index (χ4n) is 2.14. The fraction of sp³-hybridized carbons (Fsp3) is 1.00. The summed E-state index contributed by atoms with van der Waals surface area (Å²) in [5.74, 6) is -28.4. The van der Waals surface area contributed by atoms with Gasteiger partial charge in [0.25, 0.3) is 0 Å². The fourth-order valence-corrected chi connectivity index (χ4v) is 2.14. The summed E-state index contributed by atoms with van der Waals surface area (Å²) in [6.07, 6.45) is -6.83. The van der Waals surface area contributed by atoms with E-state index in [1.165, 1.54) is 0 Å². The van der Waals surface area contributed by atoms with Gasteiger partial charge in [0.15, 0.2) is 0 Å². The molecule has 0 aliphatic carbocycles. The van der Waals surface area contributed by atoms with Crippen LogP contribution >= 0.6 is 0 Å². The molecule has 1 N–H and O–H groups in total. The van der Waals surface area contributed by atoms with Crippen LogP contribution in [0.4, 0.5) is 48.3 Å². The van der Waals surface area contributed by atoms with Crippen molar-refractivity contribution in [1.82, 2.24) is 0 Å². The largest absolute Gasteiger partial charge is 0.460 e. The quantitative estimate of drug-likeness (QED) is 0.335. The lowest BCUT2D eigenvalue weighted by atomic mass is 9.83. The van der Waals surface area contributed by atoms with Gasteiger partial charge in [-0.1, -0.05) is 39.0 Å². The summed E-state index contributed by atoms with van der Waals surface area (Å²) in [6.45, 7) is 1.77. The SMILES string of the molecule is CCCCCCCC(C)(O)C(F)(F)C(F)(F)C(F)(F)C(F)(F)C(F)(F)F. The molecule has 26 heavy (non-hydrogen) atoms. The van der Waals surface area contributed by atoms with Crippen molar-refractivity contribution in [2.45, 2.75) is 87.8 Å². The Balaban J connectivity index is 5.64. The van der Waals surface area contributed by atoms with Crippen molar-refractivity contribution in [3.05, 3.63) is 0 Å². The molecule has 0 bridgehead atoms. The molecule has 1 nitrogen and oxygen atoms in total. The van der Waals surface area contributed by atoms with Crippen LogP contribution in [0, 0.1) is 0 Å². The topological polar surface area (TPSA) is 20.2 Å². The first-order valence-corrected chi connectivity index (χ1v) is 7.61. The van der Waals surface area contributed by atoms with E-state index in [0.29, 0.717) is 19.3 Å². The van der Waals surface area contributed by atoms with E-state index < -0.39 is 41.9 Å². The third-order valence-electron chi connectivity index (χ3n) is 3.98. The molecule has 0 aromatic heterocycles. The molecule has 0 amide bonds. The minimum atomic E-state index is -7.49. The van der Waals surface area contributed by atoms with Gasteiger partial charge in [0.1, 0.15) is 5.60 Å². The second-order valence-electron chi connectivity index (χ2n) is 6.23. The van der Waals surface area contributed by atoms with Gasteiger partial charge in [-0.3, -0.25) is 0 Å². The molecule has 158 valence electrons. The highest BCUT2D eigenvalue weighted by molar-refractivity contribution is 5.11. The van der Waals surface area contributed by atoms with E-state index in [2.05, 4.69) is 0 Å². The number of hydrogen-bond donors (Lipinski definition) is 1. The summed E-state index contributed by atoms with van der Waals surface area (Å²) in [4.78, 5) is 0. The Labute approximate surface area is 142 Å². The van der Waals surface area contributed by atoms with Crippen LogP contribution in [0.15, 0.2) is 0 Å². The average molecular weight is 412 g/mol. The van der Waals surface area contributed by atoms with Gasteiger partial charge in [0, 0.05) is 0 Å². The molecular formula is C14H19F11O. The van der Waals surface area contributed by atoms with E-state index in [0.717, 1.165) is 0 Å². The molecule has 0 aromatic rings. The van der Waals surface area contributed by atoms with Crippen LogP contribution in [0.25, 0.3) is 0 Å². The van der Waals surface area contributed by atoms with Crippen LogP contribution in [-0.4, -0.2) is 40.6 Å². The lowest BCUT2D eigenvalue weighted by Crippen LogP contribution is -2.71. The number of rotatable bonds is 10. The summed E-state index contributed by atoms with van der Waals surface area (Å²) in [5, 5.41) is 9.48. The van der Waals surface area contributed by atoms with E-state index in [-0.39, 0.29) is 19.8 Å². The highest BCUT2D eigenvalue weighted by atomic mass is 19.4. The number of unbranched alkanes of at least 4 members (excludes halogenated alkanes) is 4. The third-order valence-corrected chi connectivity index (χ3v) is 3.98. The minimum Gasteiger partial charge on any atom is -0.384 e. The predicted molar refractivity (Wildman–Crippen MR) is 69.8 cm³/mol. The monoisotopic (exact) mass is 412 g/mol. The highest BCUT2D eigenvalue weighted by Gasteiger charge is 2.89. The van der Waals surface area contributed by atoms with Gasteiger partial charge in [-0.05, 0) is 13.3 Å². The van der Waals surface area contributed by atoms with Gasteiger partial charge in [-0.15, -0.1) is 0 Å². The van der Waals surface area contributed by atoms with Crippen molar-refractivity contribution in [3.8, 4) is 0 Å². The molecule has 0 aliphatic rings. The molecule has 1 atom stereocenters. The Morgan fingerprint density at radius 1 is 0.577 bits per heavy atom. The Morgan fingerprint density at radius 2 is 0.962 bits per heavy atom. The first kappa shape index (κ1) is 25.2. The molecule has 0 saturated carbocycles. The van der Waals surface area contributed by atoms with Gasteiger partial charge in [-0.2, -0.15) is 48.3 Å². The molecular weight excluding hydrogens is 393 g/mol. The molecule has 0 aliphatic heterocycles. The van der Waals surface area contributed by atoms with Crippen LogP contribution in [-0.2, 0) is 0 Å². The smallest absolute Gasteiger partial charge is 0.384 e. The second kappa shape index (κ2) is 7.67. The maximum Gasteiger partial charge on any atom is 0.460 e. The minimum absolute atomic E-state index is 0.0114. The van der Waals surface area contributed by atoms with E-state index >= 15 is 0 Å². The Kier molecular flexibility index (Phi) is 7.43. The second-order valence-corrected chi connectivity index (χ2v) is 6.23. The van der Waals surface area contributed by atoms with E-state index in [1.54, 1.807) is 6.92 Å².